The summed E-state index contributed by atoms with van der Waals surface area (Å²) in [6.45, 7) is 3.97. The fourth-order valence-electron chi connectivity index (χ4n) is 2.40. The molecule has 0 aromatic heterocycles. The van der Waals surface area contributed by atoms with E-state index in [1.54, 1.807) is 0 Å². The summed E-state index contributed by atoms with van der Waals surface area (Å²) in [4.78, 5) is 25.9. The largest absolute Gasteiger partial charge is 0.343 e. The van der Waals surface area contributed by atoms with Crippen molar-refractivity contribution in [1.82, 2.24) is 10.2 Å². The van der Waals surface area contributed by atoms with Gasteiger partial charge >= 0.3 is 0 Å². The second-order valence-corrected chi connectivity index (χ2v) is 7.58. The highest BCUT2D eigenvalue weighted by Crippen LogP contribution is 2.17. The fraction of sp³-hybridized carbons (Fsp3) is 0.846. The van der Waals surface area contributed by atoms with Crippen LogP contribution in [-0.4, -0.2) is 55.8 Å². The van der Waals surface area contributed by atoms with Crippen LogP contribution >= 0.6 is 0 Å². The van der Waals surface area contributed by atoms with Crippen molar-refractivity contribution in [2.75, 3.05) is 18.6 Å². The molecule has 0 radical (unpaired) electrons. The summed E-state index contributed by atoms with van der Waals surface area (Å²) >= 11 is 0. The molecule has 1 fully saturated rings. The van der Waals surface area contributed by atoms with Crippen LogP contribution in [0.3, 0.4) is 0 Å². The first-order chi connectivity index (χ1) is 9.30. The average molecular weight is 304 g/mol. The summed E-state index contributed by atoms with van der Waals surface area (Å²) in [7, 11) is -3.16. The molecule has 2 atom stereocenters. The molecule has 2 amide bonds. The fourth-order valence-corrected chi connectivity index (χ4v) is 2.93. The molecule has 2 unspecified atom stereocenters. The molecule has 1 saturated heterocycles. The maximum absolute atomic E-state index is 12.4. The molecule has 20 heavy (non-hydrogen) atoms. The number of carbonyl (C=O) groups excluding carboxylic acids is 2. The third-order valence-electron chi connectivity index (χ3n) is 3.42. The molecule has 7 heteroatoms. The highest BCUT2D eigenvalue weighted by Gasteiger charge is 2.39. The predicted molar refractivity (Wildman–Crippen MR) is 77.0 cm³/mol. The molecule has 1 aliphatic heterocycles. The van der Waals surface area contributed by atoms with Crippen molar-refractivity contribution in [3.8, 4) is 0 Å². The summed E-state index contributed by atoms with van der Waals surface area (Å²) in [6, 6.07) is -1.05. The number of piperazine rings is 1. The Bertz CT molecular complexity index is 461. The van der Waals surface area contributed by atoms with Gasteiger partial charge in [0.1, 0.15) is 21.9 Å². The van der Waals surface area contributed by atoms with Gasteiger partial charge in [-0.2, -0.15) is 0 Å². The number of amides is 2. The molecule has 1 heterocycles. The smallest absolute Gasteiger partial charge is 0.245 e. The standard InChI is InChI=1S/C13H24N2O4S/c1-4-6-10-13(17)15(8-9-20(3,18)19)11(7-5-2)12(16)14-10/h10-11H,4-9H2,1-3H3,(H,14,16). The minimum Gasteiger partial charge on any atom is -0.343 e. The van der Waals surface area contributed by atoms with E-state index in [-0.39, 0.29) is 24.1 Å². The molecule has 0 spiro atoms. The Hall–Kier alpha value is -1.11. The molecule has 1 N–H and O–H groups in total. The number of hydrogen-bond donors (Lipinski definition) is 1. The number of sulfone groups is 1. The Labute approximate surface area is 120 Å². The zero-order chi connectivity index (χ0) is 15.3. The number of nitrogens with one attached hydrogen (secondary N) is 1. The van der Waals surface area contributed by atoms with E-state index in [1.807, 2.05) is 13.8 Å². The van der Waals surface area contributed by atoms with Gasteiger partial charge in [0.15, 0.2) is 0 Å². The number of carbonyl (C=O) groups is 2. The van der Waals surface area contributed by atoms with Gasteiger partial charge in [-0.3, -0.25) is 9.59 Å². The molecule has 0 aromatic carbocycles. The molecule has 1 rings (SSSR count). The lowest BCUT2D eigenvalue weighted by atomic mass is 10.0. The summed E-state index contributed by atoms with van der Waals surface area (Å²) in [5, 5.41) is 2.75. The van der Waals surface area contributed by atoms with Crippen molar-refractivity contribution in [2.24, 2.45) is 0 Å². The zero-order valence-electron chi connectivity index (χ0n) is 12.4. The van der Waals surface area contributed by atoms with Crippen molar-refractivity contribution < 1.29 is 18.0 Å². The van der Waals surface area contributed by atoms with Crippen molar-refractivity contribution in [1.29, 1.82) is 0 Å². The van der Waals surface area contributed by atoms with Crippen molar-refractivity contribution in [2.45, 2.75) is 51.6 Å². The zero-order valence-corrected chi connectivity index (χ0v) is 13.2. The molecular weight excluding hydrogens is 280 g/mol. The van der Waals surface area contributed by atoms with Gasteiger partial charge in [-0.25, -0.2) is 8.42 Å². The van der Waals surface area contributed by atoms with E-state index < -0.39 is 21.9 Å². The third-order valence-corrected chi connectivity index (χ3v) is 4.34. The van der Waals surface area contributed by atoms with Crippen LogP contribution in [0.25, 0.3) is 0 Å². The van der Waals surface area contributed by atoms with Crippen molar-refractivity contribution in [3.63, 3.8) is 0 Å². The summed E-state index contributed by atoms with van der Waals surface area (Å²) < 4.78 is 22.6. The summed E-state index contributed by atoms with van der Waals surface area (Å²) in [5.41, 5.74) is 0. The SMILES string of the molecule is CCCC1NC(=O)C(CCC)N(CCS(C)(=O)=O)C1=O. The molecule has 0 bridgehead atoms. The van der Waals surface area contributed by atoms with Crippen LogP contribution in [0.4, 0.5) is 0 Å². The quantitative estimate of drug-likeness (QED) is 0.734. The monoisotopic (exact) mass is 304 g/mol. The van der Waals surface area contributed by atoms with Gasteiger partial charge in [-0.15, -0.1) is 0 Å². The van der Waals surface area contributed by atoms with Gasteiger partial charge in [0, 0.05) is 12.8 Å². The first-order valence-electron chi connectivity index (χ1n) is 7.08. The first-order valence-corrected chi connectivity index (χ1v) is 9.14. The lowest BCUT2D eigenvalue weighted by Crippen LogP contribution is -2.63. The highest BCUT2D eigenvalue weighted by molar-refractivity contribution is 7.90. The molecular formula is C13H24N2O4S. The molecule has 0 aromatic rings. The van der Waals surface area contributed by atoms with Gasteiger partial charge in [0.25, 0.3) is 0 Å². The molecule has 116 valence electrons. The summed E-state index contributed by atoms with van der Waals surface area (Å²) in [5.74, 6) is -0.433. The van der Waals surface area contributed by atoms with E-state index in [1.165, 1.54) is 4.90 Å². The van der Waals surface area contributed by atoms with E-state index in [0.717, 1.165) is 19.1 Å². The second kappa shape index (κ2) is 7.06. The average Bonchev–Trinajstić information content (AvgIpc) is 2.34. The van der Waals surface area contributed by atoms with Gasteiger partial charge < -0.3 is 10.2 Å². The van der Waals surface area contributed by atoms with Crippen molar-refractivity contribution in [3.05, 3.63) is 0 Å². The highest BCUT2D eigenvalue weighted by atomic mass is 32.2. The Balaban J connectivity index is 2.89. The van der Waals surface area contributed by atoms with Gasteiger partial charge in [0.2, 0.25) is 11.8 Å². The Morgan fingerprint density at radius 2 is 1.75 bits per heavy atom. The minimum atomic E-state index is -3.16. The molecule has 0 aliphatic carbocycles. The van der Waals surface area contributed by atoms with E-state index in [0.29, 0.717) is 12.8 Å². The van der Waals surface area contributed by atoms with E-state index in [2.05, 4.69) is 5.32 Å². The van der Waals surface area contributed by atoms with Crippen molar-refractivity contribution >= 4 is 21.7 Å². The molecule has 1 aliphatic rings. The van der Waals surface area contributed by atoms with Crippen LogP contribution in [0, 0.1) is 0 Å². The van der Waals surface area contributed by atoms with E-state index >= 15 is 0 Å². The van der Waals surface area contributed by atoms with Gasteiger partial charge in [-0.1, -0.05) is 26.7 Å². The van der Waals surface area contributed by atoms with Crippen LogP contribution < -0.4 is 5.32 Å². The lowest BCUT2D eigenvalue weighted by Gasteiger charge is -2.39. The third kappa shape index (κ3) is 4.47. The Morgan fingerprint density at radius 3 is 2.25 bits per heavy atom. The van der Waals surface area contributed by atoms with Gasteiger partial charge in [-0.05, 0) is 12.8 Å². The van der Waals surface area contributed by atoms with Crippen LogP contribution in [0.15, 0.2) is 0 Å². The predicted octanol–water partition coefficient (Wildman–Crippen LogP) is 0.327. The van der Waals surface area contributed by atoms with E-state index in [9.17, 15) is 18.0 Å². The first kappa shape index (κ1) is 16.9. The maximum Gasteiger partial charge on any atom is 0.245 e. The molecule has 0 saturated carbocycles. The van der Waals surface area contributed by atoms with Gasteiger partial charge in [0.05, 0.1) is 5.75 Å². The Kier molecular flexibility index (Phi) is 5.98. The normalized spacial score (nSPS) is 23.9. The van der Waals surface area contributed by atoms with E-state index in [4.69, 9.17) is 0 Å². The number of nitrogens with zero attached hydrogens (tertiary/aromatic N) is 1. The maximum atomic E-state index is 12.4. The number of hydrogen-bond acceptors (Lipinski definition) is 4. The summed E-state index contributed by atoms with van der Waals surface area (Å²) in [6.07, 6.45) is 3.83. The van der Waals surface area contributed by atoms with Crippen LogP contribution in [-0.2, 0) is 19.4 Å². The topological polar surface area (TPSA) is 83.6 Å². The lowest BCUT2D eigenvalue weighted by molar-refractivity contribution is -0.149. The van der Waals surface area contributed by atoms with Crippen LogP contribution in [0.1, 0.15) is 39.5 Å². The minimum absolute atomic E-state index is 0.0932. The van der Waals surface area contributed by atoms with Crippen LogP contribution in [0.5, 0.6) is 0 Å². The molecule has 6 nitrogen and oxygen atoms in total. The second-order valence-electron chi connectivity index (χ2n) is 5.32. The number of rotatable bonds is 7. The van der Waals surface area contributed by atoms with Crippen LogP contribution in [0.2, 0.25) is 0 Å². The Morgan fingerprint density at radius 1 is 1.15 bits per heavy atom.